The van der Waals surface area contributed by atoms with Crippen LogP contribution in [-0.2, 0) is 13.1 Å². The predicted octanol–water partition coefficient (Wildman–Crippen LogP) is 4.01. The van der Waals surface area contributed by atoms with Crippen molar-refractivity contribution in [1.82, 2.24) is 9.80 Å². The maximum atomic E-state index is 12.3. The number of ether oxygens (including phenoxy) is 2. The zero-order chi connectivity index (χ0) is 21.5. The van der Waals surface area contributed by atoms with E-state index in [-0.39, 0.29) is 11.9 Å². The summed E-state index contributed by atoms with van der Waals surface area (Å²) < 4.78 is 17.6. The maximum Gasteiger partial charge on any atom is 0.336 e. The SMILES string of the molecule is O=c1cc(CN2CCN(Cc3ccccc3)CC2)c2cc3c(cc2o1)OC(C1CCC1)O3. The number of piperazine rings is 1. The Kier molecular flexibility index (Phi) is 5.12. The van der Waals surface area contributed by atoms with E-state index >= 15 is 0 Å². The van der Waals surface area contributed by atoms with Gasteiger partial charge < -0.3 is 13.9 Å². The number of rotatable bonds is 5. The lowest BCUT2D eigenvalue weighted by Gasteiger charge is -2.34. The molecule has 1 aromatic heterocycles. The normalized spacial score (nSPS) is 21.7. The number of fused-ring (bicyclic) bond motifs is 2. The molecule has 0 radical (unpaired) electrons. The quantitative estimate of drug-likeness (QED) is 0.568. The van der Waals surface area contributed by atoms with Gasteiger partial charge in [-0.2, -0.15) is 0 Å². The van der Waals surface area contributed by atoms with Crippen LogP contribution in [0.25, 0.3) is 11.0 Å². The van der Waals surface area contributed by atoms with E-state index in [1.807, 2.05) is 12.1 Å². The lowest BCUT2D eigenvalue weighted by atomic mass is 9.85. The molecule has 3 heterocycles. The van der Waals surface area contributed by atoms with Crippen molar-refractivity contribution in [2.24, 2.45) is 5.92 Å². The van der Waals surface area contributed by atoms with Gasteiger partial charge in [-0.15, -0.1) is 0 Å². The molecule has 166 valence electrons. The smallest absolute Gasteiger partial charge is 0.336 e. The van der Waals surface area contributed by atoms with Crippen LogP contribution in [-0.4, -0.2) is 42.3 Å². The van der Waals surface area contributed by atoms with Crippen LogP contribution in [0.15, 0.2) is 57.7 Å². The zero-order valence-corrected chi connectivity index (χ0v) is 18.2. The first-order valence-electron chi connectivity index (χ1n) is 11.6. The fraction of sp³-hybridized carbons (Fsp3) is 0.423. The average molecular weight is 433 g/mol. The van der Waals surface area contributed by atoms with Crippen LogP contribution in [0.5, 0.6) is 11.5 Å². The first-order chi connectivity index (χ1) is 15.7. The Labute approximate surface area is 187 Å². The second kappa shape index (κ2) is 8.26. The van der Waals surface area contributed by atoms with Crippen molar-refractivity contribution in [3.05, 3.63) is 70.1 Å². The van der Waals surface area contributed by atoms with Crippen LogP contribution in [0.2, 0.25) is 0 Å². The molecule has 32 heavy (non-hydrogen) atoms. The van der Waals surface area contributed by atoms with E-state index in [2.05, 4.69) is 40.1 Å². The maximum absolute atomic E-state index is 12.3. The van der Waals surface area contributed by atoms with Crippen LogP contribution in [0.4, 0.5) is 0 Å². The number of nitrogens with zero attached hydrogens (tertiary/aromatic N) is 2. The third-order valence-electron chi connectivity index (χ3n) is 7.02. The molecule has 1 aliphatic carbocycles. The van der Waals surface area contributed by atoms with Crippen molar-refractivity contribution in [3.8, 4) is 11.5 Å². The molecule has 0 N–H and O–H groups in total. The minimum absolute atomic E-state index is 0.205. The molecule has 2 aliphatic heterocycles. The van der Waals surface area contributed by atoms with Crippen molar-refractivity contribution in [2.75, 3.05) is 26.2 Å². The van der Waals surface area contributed by atoms with Crippen molar-refractivity contribution in [1.29, 1.82) is 0 Å². The van der Waals surface area contributed by atoms with Crippen LogP contribution < -0.4 is 15.1 Å². The van der Waals surface area contributed by atoms with Gasteiger partial charge in [0.2, 0.25) is 6.29 Å². The van der Waals surface area contributed by atoms with Gasteiger partial charge in [-0.1, -0.05) is 36.8 Å². The Morgan fingerprint density at radius 3 is 2.22 bits per heavy atom. The molecular formula is C26H28N2O4. The van der Waals surface area contributed by atoms with E-state index in [4.69, 9.17) is 13.9 Å². The zero-order valence-electron chi connectivity index (χ0n) is 18.2. The van der Waals surface area contributed by atoms with Crippen molar-refractivity contribution >= 4 is 11.0 Å². The van der Waals surface area contributed by atoms with Gasteiger partial charge in [-0.05, 0) is 30.0 Å². The van der Waals surface area contributed by atoms with E-state index in [9.17, 15) is 4.79 Å². The fourth-order valence-corrected chi connectivity index (χ4v) is 4.92. The lowest BCUT2D eigenvalue weighted by molar-refractivity contribution is -0.0337. The Hall–Kier alpha value is -2.83. The van der Waals surface area contributed by atoms with Gasteiger partial charge in [0, 0.05) is 62.7 Å². The Bertz CT molecular complexity index is 1160. The summed E-state index contributed by atoms with van der Waals surface area (Å²) in [6.45, 7) is 5.70. The molecule has 2 fully saturated rings. The topological polar surface area (TPSA) is 55.2 Å². The lowest BCUT2D eigenvalue weighted by Crippen LogP contribution is -2.45. The minimum Gasteiger partial charge on any atom is -0.451 e. The summed E-state index contributed by atoms with van der Waals surface area (Å²) in [6, 6.07) is 16.1. The summed E-state index contributed by atoms with van der Waals surface area (Å²) >= 11 is 0. The highest BCUT2D eigenvalue weighted by molar-refractivity contribution is 5.84. The molecule has 3 aromatic rings. The molecule has 1 saturated carbocycles. The number of benzene rings is 2. The van der Waals surface area contributed by atoms with Gasteiger partial charge in [-0.25, -0.2) is 4.79 Å². The highest BCUT2D eigenvalue weighted by atomic mass is 16.7. The Balaban J connectivity index is 1.17. The largest absolute Gasteiger partial charge is 0.451 e. The molecule has 1 unspecified atom stereocenters. The van der Waals surface area contributed by atoms with Gasteiger partial charge >= 0.3 is 5.63 Å². The number of hydrogen-bond acceptors (Lipinski definition) is 6. The van der Waals surface area contributed by atoms with Gasteiger partial charge in [0.1, 0.15) is 5.58 Å². The van der Waals surface area contributed by atoms with Gasteiger partial charge in [0.05, 0.1) is 0 Å². The average Bonchev–Trinajstić information content (AvgIpc) is 3.15. The summed E-state index contributed by atoms with van der Waals surface area (Å²) in [5.41, 5.74) is 2.60. The van der Waals surface area contributed by atoms with Crippen LogP contribution >= 0.6 is 0 Å². The van der Waals surface area contributed by atoms with E-state index in [0.717, 1.165) is 68.8 Å². The molecule has 6 nitrogen and oxygen atoms in total. The van der Waals surface area contributed by atoms with Crippen molar-refractivity contribution < 1.29 is 13.9 Å². The highest BCUT2D eigenvalue weighted by Crippen LogP contribution is 2.43. The Morgan fingerprint density at radius 2 is 1.53 bits per heavy atom. The van der Waals surface area contributed by atoms with E-state index < -0.39 is 0 Å². The van der Waals surface area contributed by atoms with Crippen LogP contribution in [0.1, 0.15) is 30.4 Å². The summed E-state index contributed by atoms with van der Waals surface area (Å²) in [5.74, 6) is 1.91. The molecule has 0 bridgehead atoms. The summed E-state index contributed by atoms with van der Waals surface area (Å²) in [4.78, 5) is 17.2. The predicted molar refractivity (Wildman–Crippen MR) is 122 cm³/mol. The molecule has 2 aromatic carbocycles. The van der Waals surface area contributed by atoms with E-state index in [1.165, 1.54) is 12.0 Å². The van der Waals surface area contributed by atoms with Crippen molar-refractivity contribution in [2.45, 2.75) is 38.6 Å². The van der Waals surface area contributed by atoms with E-state index in [0.29, 0.717) is 17.3 Å². The van der Waals surface area contributed by atoms with Crippen molar-refractivity contribution in [3.63, 3.8) is 0 Å². The molecule has 6 heteroatoms. The number of hydrogen-bond donors (Lipinski definition) is 0. The second-order valence-corrected chi connectivity index (χ2v) is 9.22. The molecule has 1 saturated heterocycles. The molecular weight excluding hydrogens is 404 g/mol. The first kappa shape index (κ1) is 19.8. The van der Waals surface area contributed by atoms with Gasteiger partial charge in [-0.3, -0.25) is 9.80 Å². The van der Waals surface area contributed by atoms with E-state index in [1.54, 1.807) is 6.07 Å². The van der Waals surface area contributed by atoms with Gasteiger partial charge in [0.15, 0.2) is 11.5 Å². The summed E-state index contributed by atoms with van der Waals surface area (Å²) in [6.07, 6.45) is 3.33. The van der Waals surface area contributed by atoms with Crippen LogP contribution in [0, 0.1) is 5.92 Å². The second-order valence-electron chi connectivity index (χ2n) is 9.22. The van der Waals surface area contributed by atoms with Gasteiger partial charge in [0.25, 0.3) is 0 Å². The molecule has 0 spiro atoms. The standard InChI is InChI=1S/C26H28N2O4/c29-25-13-20(17-28-11-9-27(10-12-28)16-18-5-2-1-3-6-18)21-14-23-24(15-22(21)30-25)32-26(31-23)19-7-4-8-19/h1-3,5-6,13-15,19,26H,4,7-12,16-17H2. The Morgan fingerprint density at radius 1 is 0.844 bits per heavy atom. The highest BCUT2D eigenvalue weighted by Gasteiger charge is 2.36. The molecule has 3 aliphatic rings. The first-order valence-corrected chi connectivity index (χ1v) is 11.6. The molecule has 1 atom stereocenters. The molecule has 6 rings (SSSR count). The molecule has 0 amide bonds. The third kappa shape index (κ3) is 3.89. The summed E-state index contributed by atoms with van der Waals surface area (Å²) in [7, 11) is 0. The fourth-order valence-electron chi connectivity index (χ4n) is 4.92. The minimum atomic E-state index is -0.315. The monoisotopic (exact) mass is 432 g/mol. The summed E-state index contributed by atoms with van der Waals surface area (Å²) in [5, 5.41) is 0.938. The van der Waals surface area contributed by atoms with Crippen LogP contribution in [0.3, 0.4) is 0 Å². The third-order valence-corrected chi connectivity index (χ3v) is 7.02.